The molecule has 2 N–H and O–H groups in total. The van der Waals surface area contributed by atoms with Crippen LogP contribution in [0, 0.1) is 17.3 Å². The highest BCUT2D eigenvalue weighted by molar-refractivity contribution is 7.88. The molecule has 122 valence electrons. The monoisotopic (exact) mass is 318 g/mol. The third-order valence-corrected chi connectivity index (χ3v) is 6.19. The van der Waals surface area contributed by atoms with Crippen molar-refractivity contribution in [1.29, 1.82) is 0 Å². The fraction of sp³-hybridized carbons (Fsp3) is 0.929. The van der Waals surface area contributed by atoms with Crippen LogP contribution in [0.15, 0.2) is 0 Å². The van der Waals surface area contributed by atoms with Gasteiger partial charge < -0.3 is 10.5 Å². The van der Waals surface area contributed by atoms with Crippen molar-refractivity contribution in [3.05, 3.63) is 0 Å². The first kappa shape index (κ1) is 16.7. The molecule has 0 aromatic rings. The maximum absolute atomic E-state index is 12.3. The van der Waals surface area contributed by atoms with Crippen LogP contribution in [-0.4, -0.2) is 51.7 Å². The van der Waals surface area contributed by atoms with E-state index < -0.39 is 15.4 Å². The van der Waals surface area contributed by atoms with Gasteiger partial charge in [0.25, 0.3) is 0 Å². The summed E-state index contributed by atoms with van der Waals surface area (Å²) in [5.41, 5.74) is 5.31. The SMILES string of the molecule is COC(=O)C(CN)(CC1CCCN(S(C)(=O)=O)C1)C1CC1. The summed E-state index contributed by atoms with van der Waals surface area (Å²) in [6, 6.07) is 0. The molecule has 1 saturated carbocycles. The number of nitrogens with two attached hydrogens (primary N) is 1. The minimum atomic E-state index is -3.17. The Morgan fingerprint density at radius 2 is 2.05 bits per heavy atom. The molecule has 2 aliphatic rings. The molecule has 0 aromatic carbocycles. The van der Waals surface area contributed by atoms with E-state index in [9.17, 15) is 13.2 Å². The predicted molar refractivity (Wildman–Crippen MR) is 80.0 cm³/mol. The molecular formula is C14H26N2O4S. The van der Waals surface area contributed by atoms with Crippen LogP contribution in [0.25, 0.3) is 0 Å². The molecular weight excluding hydrogens is 292 g/mol. The summed E-state index contributed by atoms with van der Waals surface area (Å²) >= 11 is 0. The Hall–Kier alpha value is -0.660. The first-order valence-corrected chi connectivity index (χ1v) is 9.42. The van der Waals surface area contributed by atoms with Crippen molar-refractivity contribution in [2.24, 2.45) is 23.0 Å². The van der Waals surface area contributed by atoms with Gasteiger partial charge in [-0.25, -0.2) is 12.7 Å². The van der Waals surface area contributed by atoms with Gasteiger partial charge >= 0.3 is 5.97 Å². The number of rotatable bonds is 6. The minimum absolute atomic E-state index is 0.178. The number of nitrogens with zero attached hydrogens (tertiary/aromatic N) is 1. The van der Waals surface area contributed by atoms with Crippen LogP contribution in [-0.2, 0) is 19.6 Å². The van der Waals surface area contributed by atoms with Gasteiger partial charge in [0.2, 0.25) is 10.0 Å². The van der Waals surface area contributed by atoms with Crippen molar-refractivity contribution in [2.75, 3.05) is 33.0 Å². The second-order valence-corrected chi connectivity index (χ2v) is 8.44. The summed E-state index contributed by atoms with van der Waals surface area (Å²) in [6.07, 6.45) is 5.67. The molecule has 7 heteroatoms. The second kappa shape index (κ2) is 6.22. The summed E-state index contributed by atoms with van der Waals surface area (Å²) in [4.78, 5) is 12.3. The molecule has 0 radical (unpaired) electrons. The number of hydrogen-bond acceptors (Lipinski definition) is 5. The molecule has 1 saturated heterocycles. The lowest BCUT2D eigenvalue weighted by atomic mass is 9.73. The summed E-state index contributed by atoms with van der Waals surface area (Å²) in [6.45, 7) is 1.34. The van der Waals surface area contributed by atoms with Crippen molar-refractivity contribution < 1.29 is 17.9 Å². The molecule has 2 fully saturated rings. The molecule has 1 heterocycles. The van der Waals surface area contributed by atoms with Gasteiger partial charge in [-0.3, -0.25) is 4.79 Å². The van der Waals surface area contributed by atoms with Crippen LogP contribution in [0.1, 0.15) is 32.1 Å². The van der Waals surface area contributed by atoms with Crippen molar-refractivity contribution in [2.45, 2.75) is 32.1 Å². The van der Waals surface area contributed by atoms with Crippen LogP contribution in [0.3, 0.4) is 0 Å². The summed E-state index contributed by atoms with van der Waals surface area (Å²) < 4.78 is 29.9. The number of methoxy groups -OCH3 is 1. The number of carbonyl (C=O) groups is 1. The Morgan fingerprint density at radius 3 is 2.52 bits per heavy atom. The summed E-state index contributed by atoms with van der Waals surface area (Å²) in [7, 11) is -1.76. The fourth-order valence-electron chi connectivity index (χ4n) is 3.60. The molecule has 6 nitrogen and oxygen atoms in total. The van der Waals surface area contributed by atoms with E-state index in [0.29, 0.717) is 25.4 Å². The molecule has 2 rings (SSSR count). The number of piperidine rings is 1. The van der Waals surface area contributed by atoms with Gasteiger partial charge in [-0.2, -0.15) is 0 Å². The molecule has 2 unspecified atom stereocenters. The molecule has 0 amide bonds. The van der Waals surface area contributed by atoms with Crippen molar-refractivity contribution in [3.63, 3.8) is 0 Å². The van der Waals surface area contributed by atoms with Crippen LogP contribution in [0.5, 0.6) is 0 Å². The van der Waals surface area contributed by atoms with Gasteiger partial charge in [0.1, 0.15) is 0 Å². The normalized spacial score (nSPS) is 27.1. The van der Waals surface area contributed by atoms with Crippen LogP contribution >= 0.6 is 0 Å². The lowest BCUT2D eigenvalue weighted by molar-refractivity contribution is -0.155. The van der Waals surface area contributed by atoms with E-state index in [0.717, 1.165) is 25.7 Å². The van der Waals surface area contributed by atoms with Crippen LogP contribution < -0.4 is 5.73 Å². The molecule has 0 aromatic heterocycles. The fourth-order valence-corrected chi connectivity index (χ4v) is 4.54. The number of sulfonamides is 1. The number of ether oxygens (including phenoxy) is 1. The van der Waals surface area contributed by atoms with Gasteiger partial charge in [-0.1, -0.05) is 0 Å². The van der Waals surface area contributed by atoms with Gasteiger partial charge in [0.05, 0.1) is 18.8 Å². The minimum Gasteiger partial charge on any atom is -0.469 e. The highest BCUT2D eigenvalue weighted by Gasteiger charge is 2.52. The Bertz CT molecular complexity index is 489. The summed E-state index contributed by atoms with van der Waals surface area (Å²) in [5.74, 6) is 0.240. The quantitative estimate of drug-likeness (QED) is 0.723. The first-order valence-electron chi connectivity index (χ1n) is 7.57. The zero-order chi connectivity index (χ0) is 15.7. The Balaban J connectivity index is 2.11. The average molecular weight is 318 g/mol. The van der Waals surface area contributed by atoms with E-state index in [1.807, 2.05) is 0 Å². The average Bonchev–Trinajstić information content (AvgIpc) is 3.28. The lowest BCUT2D eigenvalue weighted by Gasteiger charge is -2.37. The smallest absolute Gasteiger partial charge is 0.313 e. The molecule has 1 aliphatic heterocycles. The topological polar surface area (TPSA) is 89.7 Å². The standard InChI is InChI=1S/C14H26N2O4S/c1-20-13(17)14(10-15,12-5-6-12)8-11-4-3-7-16(9-11)21(2,18)19/h11-12H,3-10,15H2,1-2H3. The predicted octanol–water partition coefficient (Wildman–Crippen LogP) is 0.576. The molecule has 21 heavy (non-hydrogen) atoms. The zero-order valence-electron chi connectivity index (χ0n) is 12.9. The zero-order valence-corrected chi connectivity index (χ0v) is 13.7. The maximum Gasteiger partial charge on any atom is 0.313 e. The van der Waals surface area contributed by atoms with E-state index in [1.54, 1.807) is 0 Å². The van der Waals surface area contributed by atoms with Crippen LogP contribution in [0.2, 0.25) is 0 Å². The lowest BCUT2D eigenvalue weighted by Crippen LogP contribution is -2.47. The number of esters is 1. The van der Waals surface area contributed by atoms with Crippen LogP contribution in [0.4, 0.5) is 0 Å². The van der Waals surface area contributed by atoms with Gasteiger partial charge in [0, 0.05) is 19.6 Å². The van der Waals surface area contributed by atoms with Crippen molar-refractivity contribution >= 4 is 16.0 Å². The first-order chi connectivity index (χ1) is 9.83. The van der Waals surface area contributed by atoms with E-state index in [-0.39, 0.29) is 18.4 Å². The number of hydrogen-bond donors (Lipinski definition) is 1. The molecule has 1 aliphatic carbocycles. The van der Waals surface area contributed by atoms with E-state index in [4.69, 9.17) is 10.5 Å². The Labute approximate surface area is 127 Å². The molecule has 2 atom stereocenters. The second-order valence-electron chi connectivity index (χ2n) is 6.46. The third-order valence-electron chi connectivity index (χ3n) is 4.92. The Kier molecular flexibility index (Phi) is 4.95. The largest absolute Gasteiger partial charge is 0.469 e. The van der Waals surface area contributed by atoms with Gasteiger partial charge in [0.15, 0.2) is 0 Å². The maximum atomic E-state index is 12.3. The van der Waals surface area contributed by atoms with E-state index in [2.05, 4.69) is 0 Å². The van der Waals surface area contributed by atoms with Crippen molar-refractivity contribution in [3.8, 4) is 0 Å². The van der Waals surface area contributed by atoms with Gasteiger partial charge in [-0.05, 0) is 43.9 Å². The Morgan fingerprint density at radius 1 is 1.38 bits per heavy atom. The highest BCUT2D eigenvalue weighted by Crippen LogP contribution is 2.50. The summed E-state index contributed by atoms with van der Waals surface area (Å²) in [5, 5.41) is 0. The third kappa shape index (κ3) is 3.57. The molecule has 0 spiro atoms. The van der Waals surface area contributed by atoms with E-state index in [1.165, 1.54) is 17.7 Å². The molecule has 0 bridgehead atoms. The van der Waals surface area contributed by atoms with E-state index >= 15 is 0 Å². The highest BCUT2D eigenvalue weighted by atomic mass is 32.2. The van der Waals surface area contributed by atoms with Gasteiger partial charge in [-0.15, -0.1) is 0 Å². The van der Waals surface area contributed by atoms with Crippen molar-refractivity contribution in [1.82, 2.24) is 4.31 Å². The number of carbonyl (C=O) groups excluding carboxylic acids is 1.